The average Bonchev–Trinajstić information content (AvgIpc) is 3.81. The number of carbonyl (C=O) groups is 2. The van der Waals surface area contributed by atoms with Gasteiger partial charge in [-0.1, -0.05) is 24.3 Å². The van der Waals surface area contributed by atoms with Crippen LogP contribution in [0.25, 0.3) is 22.2 Å². The van der Waals surface area contributed by atoms with Crippen molar-refractivity contribution in [3.63, 3.8) is 0 Å². The first-order valence-corrected chi connectivity index (χ1v) is 20.0. The third-order valence-electron chi connectivity index (χ3n) is 11.8. The van der Waals surface area contributed by atoms with Crippen LogP contribution in [0.15, 0.2) is 103 Å². The van der Waals surface area contributed by atoms with Gasteiger partial charge in [-0.3, -0.25) is 19.4 Å². The molecule has 3 aliphatic heterocycles. The maximum Gasteiger partial charge on any atom is 0.573 e. The topological polar surface area (TPSA) is 92.4 Å². The summed E-state index contributed by atoms with van der Waals surface area (Å²) in [6.07, 6.45) is -0.257. The number of halogens is 4. The van der Waals surface area contributed by atoms with E-state index < -0.39 is 12.1 Å². The minimum absolute atomic E-state index is 0. The van der Waals surface area contributed by atoms with E-state index in [9.17, 15) is 18.3 Å². The smallest absolute Gasteiger partial charge is 0.508 e. The maximum absolute atomic E-state index is 15.1. The Morgan fingerprint density at radius 1 is 0.867 bits per heavy atom. The number of amides is 2. The number of phenols is 1. The molecule has 60 heavy (non-hydrogen) atoms. The number of hydrogen-bond acceptors (Lipinski definition) is 6. The summed E-state index contributed by atoms with van der Waals surface area (Å²) < 4.78 is 55.4. The van der Waals surface area contributed by atoms with Crippen molar-refractivity contribution >= 4 is 46.5 Å². The molecule has 14 heteroatoms. The van der Waals surface area contributed by atoms with Gasteiger partial charge in [0.2, 0.25) is 0 Å². The largest absolute Gasteiger partial charge is 0.573 e. The van der Waals surface area contributed by atoms with Gasteiger partial charge in [0.1, 0.15) is 11.5 Å². The van der Waals surface area contributed by atoms with E-state index in [-0.39, 0.29) is 47.1 Å². The summed E-state index contributed by atoms with van der Waals surface area (Å²) in [5.74, 6) is -1.08. The molecule has 1 atom stereocenters. The van der Waals surface area contributed by atoms with Crippen molar-refractivity contribution in [1.82, 2.24) is 18.9 Å². The molecule has 0 spiro atoms. The zero-order valence-corrected chi connectivity index (χ0v) is 33.8. The van der Waals surface area contributed by atoms with E-state index in [1.54, 1.807) is 23.1 Å². The summed E-state index contributed by atoms with van der Waals surface area (Å²) in [6, 6.07) is 27.6. The molecule has 1 N–H and O–H groups in total. The molecule has 2 aromatic heterocycles. The Balaban J connectivity index is 0.00000499. The zero-order chi connectivity index (χ0) is 40.8. The predicted molar refractivity (Wildman–Crippen MR) is 225 cm³/mol. The van der Waals surface area contributed by atoms with Crippen LogP contribution in [0, 0.1) is 0 Å². The van der Waals surface area contributed by atoms with Crippen LogP contribution in [-0.4, -0.2) is 81.1 Å². The van der Waals surface area contributed by atoms with Gasteiger partial charge in [-0.05, 0) is 110 Å². The maximum atomic E-state index is 15.1. The molecule has 0 bridgehead atoms. The Morgan fingerprint density at radius 3 is 2.38 bits per heavy atom. The second-order valence-electron chi connectivity index (χ2n) is 15.6. The third-order valence-corrected chi connectivity index (χ3v) is 11.8. The fourth-order valence-electron chi connectivity index (χ4n) is 8.94. The van der Waals surface area contributed by atoms with Crippen LogP contribution in [0.5, 0.6) is 11.5 Å². The first-order chi connectivity index (χ1) is 28.5. The lowest BCUT2D eigenvalue weighted by molar-refractivity contribution is -0.274. The van der Waals surface area contributed by atoms with Gasteiger partial charge >= 0.3 is 6.36 Å². The van der Waals surface area contributed by atoms with Crippen LogP contribution in [-0.2, 0) is 37.7 Å². The molecule has 0 unspecified atom stereocenters. The molecule has 9 rings (SSSR count). The molecule has 0 saturated carbocycles. The van der Waals surface area contributed by atoms with Crippen molar-refractivity contribution in [3.8, 4) is 22.8 Å². The van der Waals surface area contributed by atoms with Gasteiger partial charge in [0.15, 0.2) is 0 Å². The molecule has 0 radical (unpaired) electrons. The van der Waals surface area contributed by atoms with E-state index in [0.29, 0.717) is 68.3 Å². The Labute approximate surface area is 351 Å². The average molecular weight is 840 g/mol. The van der Waals surface area contributed by atoms with E-state index in [2.05, 4.69) is 15.7 Å². The molecule has 4 aromatic carbocycles. The second kappa shape index (κ2) is 16.7. The molecule has 0 aliphatic carbocycles. The number of alkyl halides is 3. The van der Waals surface area contributed by atoms with E-state index >= 15 is 9.59 Å². The quantitative estimate of drug-likeness (QED) is 0.165. The summed E-state index contributed by atoms with van der Waals surface area (Å²) >= 11 is 0. The monoisotopic (exact) mass is 839 g/mol. The van der Waals surface area contributed by atoms with Crippen molar-refractivity contribution in [2.75, 3.05) is 37.7 Å². The highest BCUT2D eigenvalue weighted by Crippen LogP contribution is 2.40. The lowest BCUT2D eigenvalue weighted by Crippen LogP contribution is -2.52. The first kappa shape index (κ1) is 41.0. The van der Waals surface area contributed by atoms with Crippen LogP contribution < -0.4 is 9.64 Å². The number of nitrogens with zero attached hydrogens (tertiary/aromatic N) is 5. The number of morpholine rings is 1. The number of fused-ring (bicyclic) bond motifs is 3. The molecule has 5 heterocycles. The minimum Gasteiger partial charge on any atom is -0.508 e. The number of rotatable bonds is 8. The van der Waals surface area contributed by atoms with Crippen molar-refractivity contribution in [2.45, 2.75) is 51.2 Å². The summed E-state index contributed by atoms with van der Waals surface area (Å²) in [5.41, 5.74) is 6.34. The van der Waals surface area contributed by atoms with Crippen LogP contribution >= 0.6 is 12.4 Å². The lowest BCUT2D eigenvalue weighted by Gasteiger charge is -2.40. The van der Waals surface area contributed by atoms with Gasteiger partial charge in [-0.25, -0.2) is 0 Å². The Kier molecular flexibility index (Phi) is 11.4. The molecule has 6 aromatic rings. The van der Waals surface area contributed by atoms with E-state index in [1.807, 2.05) is 69.7 Å². The molecule has 10 nitrogen and oxygen atoms in total. The van der Waals surface area contributed by atoms with Crippen LogP contribution in [0.4, 0.5) is 24.5 Å². The Bertz CT molecular complexity index is 2550. The number of phenolic OH excluding ortho intramolecular Hbond substituents is 1. The highest BCUT2D eigenvalue weighted by atomic mass is 35.5. The number of aromatic nitrogens is 2. The summed E-state index contributed by atoms with van der Waals surface area (Å²) in [7, 11) is 1.95. The number of aromatic hydroxyl groups is 1. The molecular weight excluding hydrogens is 795 g/mol. The van der Waals surface area contributed by atoms with Gasteiger partial charge in [-0.15, -0.1) is 25.6 Å². The van der Waals surface area contributed by atoms with E-state index in [0.717, 1.165) is 53.7 Å². The second-order valence-corrected chi connectivity index (χ2v) is 15.6. The summed E-state index contributed by atoms with van der Waals surface area (Å²) in [6.45, 7) is 4.15. The molecule has 1 saturated heterocycles. The number of aryl methyl sites for hydroxylation is 1. The minimum atomic E-state index is -4.97. The predicted octanol–water partition coefficient (Wildman–Crippen LogP) is 8.89. The van der Waals surface area contributed by atoms with Gasteiger partial charge in [0, 0.05) is 96.8 Å². The lowest BCUT2D eigenvalue weighted by atomic mass is 9.92. The Morgan fingerprint density at radius 2 is 1.62 bits per heavy atom. The molecule has 2 amide bonds. The van der Waals surface area contributed by atoms with Crippen LogP contribution in [0.2, 0.25) is 0 Å². The molecule has 1 fully saturated rings. The highest BCUT2D eigenvalue weighted by molar-refractivity contribution is 6.13. The summed E-state index contributed by atoms with van der Waals surface area (Å²) in [5, 5.41) is 11.1. The van der Waals surface area contributed by atoms with E-state index in [4.69, 9.17) is 4.74 Å². The normalized spacial score (nSPS) is 16.8. The summed E-state index contributed by atoms with van der Waals surface area (Å²) in [4.78, 5) is 36.0. The number of carbonyl (C=O) groups excluding carboxylic acids is 2. The Hall–Kier alpha value is -5.76. The van der Waals surface area contributed by atoms with Crippen molar-refractivity contribution in [3.05, 3.63) is 131 Å². The van der Waals surface area contributed by atoms with E-state index in [1.165, 1.54) is 30.3 Å². The fourth-order valence-corrected chi connectivity index (χ4v) is 8.94. The number of anilines is 2. The fraction of sp³-hybridized carbons (Fsp3) is 0.304. The zero-order valence-electron chi connectivity index (χ0n) is 33.0. The molecule has 312 valence electrons. The number of ether oxygens (including phenoxy) is 2. The third kappa shape index (κ3) is 8.09. The van der Waals surface area contributed by atoms with Crippen molar-refractivity contribution in [2.24, 2.45) is 7.05 Å². The van der Waals surface area contributed by atoms with Crippen molar-refractivity contribution < 1.29 is 37.3 Å². The van der Waals surface area contributed by atoms with Crippen LogP contribution in [0.3, 0.4) is 0 Å². The molecule has 3 aliphatic rings. The SMILES string of the molecule is Cl.Cn1ccc2cc(N(C(=O)c3cc(-c4cc(OC(F)(F)F)ccc4C(=O)N4Cc5ccccc5C[C@H]4CN4CCOCC4)n4c3CCCC4)c3ccc(O)cc3)ccc21. The van der Waals surface area contributed by atoms with Crippen LogP contribution in [0.1, 0.15) is 50.4 Å². The van der Waals surface area contributed by atoms with Gasteiger partial charge in [0.05, 0.1) is 18.8 Å². The molecular formula is C46H45ClF3N5O5. The highest BCUT2D eigenvalue weighted by Gasteiger charge is 2.36. The van der Waals surface area contributed by atoms with Gasteiger partial charge in [-0.2, -0.15) is 0 Å². The number of benzene rings is 4. The standard InChI is InChI=1S/C46H44F3N5O5.ClH/c1-50-19-17-31-25-34(11-16-41(31)50)54(33-9-12-36(55)13-10-33)45(57)40-27-43(52-18-5-4-8-42(40)52)39-26-37(59-46(47,48)49)14-15-38(39)44(56)53-28-32-7-3-2-6-30(32)24-35(53)29-51-20-22-58-23-21-51;/h2-3,6-7,9-17,19,25-27,35,55H,4-5,8,18,20-24,28-29H2,1H3;1H/t35-;/m0./s1. The number of hydrogen-bond donors (Lipinski definition) is 1. The first-order valence-electron chi connectivity index (χ1n) is 20.0. The van der Waals surface area contributed by atoms with Crippen molar-refractivity contribution in [1.29, 1.82) is 0 Å². The van der Waals surface area contributed by atoms with Gasteiger partial charge < -0.3 is 28.6 Å². The van der Waals surface area contributed by atoms with Gasteiger partial charge in [0.25, 0.3) is 11.8 Å².